The number of imidazole rings is 1. The molecule has 1 amide bonds. The SMILES string of the molecule is CCN(C)C(=O)Cn1c(N)nc2c(Cl)cccc21. The Hall–Kier alpha value is -1.75. The first-order valence-electron chi connectivity index (χ1n) is 5.68. The van der Waals surface area contributed by atoms with Crippen molar-refractivity contribution in [3.8, 4) is 0 Å². The molecule has 2 N–H and O–H groups in total. The summed E-state index contributed by atoms with van der Waals surface area (Å²) in [6.07, 6.45) is 0. The summed E-state index contributed by atoms with van der Waals surface area (Å²) in [5.41, 5.74) is 7.24. The maximum absolute atomic E-state index is 11.9. The first-order valence-corrected chi connectivity index (χ1v) is 6.06. The Balaban J connectivity index is 2.42. The average molecular weight is 267 g/mol. The van der Waals surface area contributed by atoms with Crippen LogP contribution in [0.3, 0.4) is 0 Å². The molecule has 0 aliphatic heterocycles. The fraction of sp³-hybridized carbons (Fsp3) is 0.333. The molecule has 1 aromatic carbocycles. The molecule has 1 aromatic heterocycles. The normalized spacial score (nSPS) is 10.8. The Morgan fingerprint density at radius 3 is 2.94 bits per heavy atom. The van der Waals surface area contributed by atoms with E-state index >= 15 is 0 Å². The van der Waals surface area contributed by atoms with Crippen molar-refractivity contribution in [3.63, 3.8) is 0 Å². The molecular formula is C12H15ClN4O. The number of aromatic nitrogens is 2. The Kier molecular flexibility index (Phi) is 3.43. The van der Waals surface area contributed by atoms with Crippen LogP contribution in [0, 0.1) is 0 Å². The van der Waals surface area contributed by atoms with Crippen molar-refractivity contribution in [2.24, 2.45) is 0 Å². The standard InChI is InChI=1S/C12H15ClN4O/c1-3-16(2)10(18)7-17-9-6-4-5-8(13)11(9)15-12(17)14/h4-6H,3,7H2,1-2H3,(H2,14,15). The van der Waals surface area contributed by atoms with Gasteiger partial charge in [-0.1, -0.05) is 17.7 Å². The number of likely N-dealkylation sites (N-methyl/N-ethyl adjacent to an activating group) is 1. The Morgan fingerprint density at radius 1 is 1.56 bits per heavy atom. The lowest BCUT2D eigenvalue weighted by Crippen LogP contribution is -2.30. The second kappa shape index (κ2) is 4.86. The van der Waals surface area contributed by atoms with E-state index in [2.05, 4.69) is 4.98 Å². The molecule has 0 saturated heterocycles. The summed E-state index contributed by atoms with van der Waals surface area (Å²) in [6, 6.07) is 5.42. The molecule has 1 heterocycles. The van der Waals surface area contributed by atoms with Crippen molar-refractivity contribution < 1.29 is 4.79 Å². The minimum absolute atomic E-state index is 0.0107. The summed E-state index contributed by atoms with van der Waals surface area (Å²) in [5, 5.41) is 0.536. The van der Waals surface area contributed by atoms with Gasteiger partial charge in [-0.25, -0.2) is 4.98 Å². The fourth-order valence-electron chi connectivity index (χ4n) is 1.73. The predicted octanol–water partition coefficient (Wildman–Crippen LogP) is 1.75. The number of anilines is 1. The number of amides is 1. The molecule has 96 valence electrons. The number of rotatable bonds is 3. The molecule has 0 radical (unpaired) electrons. The van der Waals surface area contributed by atoms with Gasteiger partial charge in [0, 0.05) is 13.6 Å². The second-order valence-electron chi connectivity index (χ2n) is 4.07. The number of nitrogens with two attached hydrogens (primary N) is 1. The highest BCUT2D eigenvalue weighted by Gasteiger charge is 2.14. The van der Waals surface area contributed by atoms with Gasteiger partial charge >= 0.3 is 0 Å². The molecule has 2 rings (SSSR count). The molecule has 0 atom stereocenters. The summed E-state index contributed by atoms with van der Waals surface area (Å²) < 4.78 is 1.68. The first kappa shape index (κ1) is 12.7. The van der Waals surface area contributed by atoms with E-state index in [0.717, 1.165) is 5.52 Å². The smallest absolute Gasteiger partial charge is 0.242 e. The van der Waals surface area contributed by atoms with Crippen LogP contribution in [0.5, 0.6) is 0 Å². The lowest BCUT2D eigenvalue weighted by Gasteiger charge is -2.15. The molecule has 0 fully saturated rings. The first-order chi connectivity index (χ1) is 8.54. The van der Waals surface area contributed by atoms with E-state index in [9.17, 15) is 4.79 Å². The third-order valence-electron chi connectivity index (χ3n) is 2.95. The number of para-hydroxylation sites is 1. The third kappa shape index (κ3) is 2.13. The number of benzene rings is 1. The maximum atomic E-state index is 11.9. The van der Waals surface area contributed by atoms with E-state index in [0.29, 0.717) is 23.0 Å². The highest BCUT2D eigenvalue weighted by molar-refractivity contribution is 6.35. The van der Waals surface area contributed by atoms with E-state index in [4.69, 9.17) is 17.3 Å². The number of hydrogen-bond acceptors (Lipinski definition) is 3. The molecule has 0 aliphatic carbocycles. The number of halogens is 1. The van der Waals surface area contributed by atoms with E-state index < -0.39 is 0 Å². The van der Waals surface area contributed by atoms with Gasteiger partial charge in [0.05, 0.1) is 10.5 Å². The highest BCUT2D eigenvalue weighted by atomic mass is 35.5. The topological polar surface area (TPSA) is 64.2 Å². The third-order valence-corrected chi connectivity index (χ3v) is 3.26. The maximum Gasteiger partial charge on any atom is 0.242 e. The number of hydrogen-bond donors (Lipinski definition) is 1. The van der Waals surface area contributed by atoms with Crippen LogP contribution in [0.15, 0.2) is 18.2 Å². The molecular weight excluding hydrogens is 252 g/mol. The summed E-state index contributed by atoms with van der Waals surface area (Å²) in [7, 11) is 1.75. The second-order valence-corrected chi connectivity index (χ2v) is 4.48. The lowest BCUT2D eigenvalue weighted by atomic mass is 10.3. The largest absolute Gasteiger partial charge is 0.369 e. The summed E-state index contributed by atoms with van der Waals surface area (Å²) >= 11 is 6.04. The van der Waals surface area contributed by atoms with Crippen molar-refractivity contribution in [2.45, 2.75) is 13.5 Å². The molecule has 2 aromatic rings. The summed E-state index contributed by atoms with van der Waals surface area (Å²) in [4.78, 5) is 17.7. The molecule has 0 unspecified atom stereocenters. The predicted molar refractivity (Wildman–Crippen MR) is 72.5 cm³/mol. The van der Waals surface area contributed by atoms with Gasteiger partial charge in [-0.2, -0.15) is 0 Å². The van der Waals surface area contributed by atoms with Crippen LogP contribution in [0.2, 0.25) is 5.02 Å². The van der Waals surface area contributed by atoms with Crippen molar-refractivity contribution in [1.82, 2.24) is 14.5 Å². The van der Waals surface area contributed by atoms with Crippen LogP contribution in [0.4, 0.5) is 5.95 Å². The molecule has 0 saturated carbocycles. The molecule has 0 aliphatic rings. The summed E-state index contributed by atoms with van der Waals surface area (Å²) in [6.45, 7) is 2.75. The Labute approximate surface area is 110 Å². The fourth-order valence-corrected chi connectivity index (χ4v) is 1.94. The highest BCUT2D eigenvalue weighted by Crippen LogP contribution is 2.24. The number of carbonyl (C=O) groups is 1. The van der Waals surface area contributed by atoms with E-state index in [1.165, 1.54) is 0 Å². The van der Waals surface area contributed by atoms with Crippen molar-refractivity contribution >= 4 is 34.5 Å². The van der Waals surface area contributed by atoms with Crippen LogP contribution >= 0.6 is 11.6 Å². The molecule has 18 heavy (non-hydrogen) atoms. The number of nitrogen functional groups attached to an aromatic ring is 1. The molecule has 5 nitrogen and oxygen atoms in total. The minimum Gasteiger partial charge on any atom is -0.369 e. The van der Waals surface area contributed by atoms with Gasteiger partial charge in [-0.05, 0) is 19.1 Å². The number of nitrogens with zero attached hydrogens (tertiary/aromatic N) is 3. The van der Waals surface area contributed by atoms with Crippen molar-refractivity contribution in [1.29, 1.82) is 0 Å². The van der Waals surface area contributed by atoms with Crippen LogP contribution in [-0.4, -0.2) is 34.0 Å². The van der Waals surface area contributed by atoms with Crippen LogP contribution in [0.25, 0.3) is 11.0 Å². The zero-order valence-electron chi connectivity index (χ0n) is 10.4. The van der Waals surface area contributed by atoms with Gasteiger partial charge < -0.3 is 15.2 Å². The van der Waals surface area contributed by atoms with Gasteiger partial charge in [-0.3, -0.25) is 4.79 Å². The quantitative estimate of drug-likeness (QED) is 0.921. The van der Waals surface area contributed by atoms with Crippen molar-refractivity contribution in [2.75, 3.05) is 19.3 Å². The van der Waals surface area contributed by atoms with Gasteiger partial charge in [-0.15, -0.1) is 0 Å². The molecule has 0 bridgehead atoms. The number of carbonyl (C=O) groups excluding carboxylic acids is 1. The van der Waals surface area contributed by atoms with Gasteiger partial charge in [0.25, 0.3) is 0 Å². The Bertz CT molecular complexity index is 593. The monoisotopic (exact) mass is 266 g/mol. The van der Waals surface area contributed by atoms with E-state index in [1.54, 1.807) is 22.6 Å². The van der Waals surface area contributed by atoms with Gasteiger partial charge in [0.15, 0.2) is 0 Å². The molecule has 0 spiro atoms. The van der Waals surface area contributed by atoms with E-state index in [-0.39, 0.29) is 12.5 Å². The van der Waals surface area contributed by atoms with E-state index in [1.807, 2.05) is 19.1 Å². The molecule has 6 heteroatoms. The van der Waals surface area contributed by atoms with Crippen molar-refractivity contribution in [3.05, 3.63) is 23.2 Å². The summed E-state index contributed by atoms with van der Waals surface area (Å²) in [5.74, 6) is 0.291. The zero-order chi connectivity index (χ0) is 13.3. The van der Waals surface area contributed by atoms with Gasteiger partial charge in [0.2, 0.25) is 11.9 Å². The number of fused-ring (bicyclic) bond motifs is 1. The Morgan fingerprint density at radius 2 is 2.28 bits per heavy atom. The lowest BCUT2D eigenvalue weighted by molar-refractivity contribution is -0.130. The minimum atomic E-state index is -0.0107. The average Bonchev–Trinajstić information content (AvgIpc) is 2.67. The van der Waals surface area contributed by atoms with Crippen LogP contribution in [0.1, 0.15) is 6.92 Å². The van der Waals surface area contributed by atoms with Crippen LogP contribution in [-0.2, 0) is 11.3 Å². The van der Waals surface area contributed by atoms with Crippen LogP contribution < -0.4 is 5.73 Å². The zero-order valence-corrected chi connectivity index (χ0v) is 11.1. The van der Waals surface area contributed by atoms with Gasteiger partial charge in [0.1, 0.15) is 12.1 Å².